The fraction of sp³-hybridized carbons (Fsp3) is 0.357. The molecule has 37 heavy (non-hydrogen) atoms. The number of piperidine rings is 1. The number of benzene rings is 1. The fourth-order valence-electron chi connectivity index (χ4n) is 4.28. The van der Waals surface area contributed by atoms with E-state index in [0.717, 1.165) is 16.7 Å². The molecule has 2 aromatic heterocycles. The lowest BCUT2D eigenvalue weighted by Gasteiger charge is -2.35. The highest BCUT2D eigenvalue weighted by molar-refractivity contribution is 6.34. The quantitative estimate of drug-likeness (QED) is 0.492. The van der Waals surface area contributed by atoms with E-state index in [4.69, 9.17) is 11.6 Å². The average molecular weight is 522 g/mol. The van der Waals surface area contributed by atoms with Crippen molar-refractivity contribution in [3.63, 3.8) is 0 Å². The third kappa shape index (κ3) is 6.36. The van der Waals surface area contributed by atoms with Gasteiger partial charge in [0, 0.05) is 42.2 Å². The topological polar surface area (TPSA) is 80.1 Å². The standard InChI is InChI=1S/C28H29ClFN5O2/c1-18(2)28(37)34-12-11-22(24(30)17-34)16-35-25(23(29)15-32-35)27(36)33-26-19(3)13-21(14-31-26)10-9-20-7-5-4-6-8-20/h4-8,13-15,18,22,24H,11-12,16-17H2,1-3H3,(H,31,33,36)/t22-,24-/m0/s1. The summed E-state index contributed by atoms with van der Waals surface area (Å²) in [5.74, 6) is 5.44. The second kappa shape index (κ2) is 11.6. The van der Waals surface area contributed by atoms with Gasteiger partial charge in [0.2, 0.25) is 5.91 Å². The smallest absolute Gasteiger partial charge is 0.276 e. The van der Waals surface area contributed by atoms with E-state index >= 15 is 0 Å². The SMILES string of the molecule is Cc1cc(C#Cc2ccccc2)cnc1NC(=O)c1c(Cl)cnn1C[C@@H]1CCN(C(=O)C(C)C)C[C@@H]1F. The summed E-state index contributed by atoms with van der Waals surface area (Å²) in [6.45, 7) is 6.14. The zero-order valence-corrected chi connectivity index (χ0v) is 21.8. The van der Waals surface area contributed by atoms with Gasteiger partial charge in [-0.15, -0.1) is 0 Å². The van der Waals surface area contributed by atoms with Crippen molar-refractivity contribution in [2.24, 2.45) is 11.8 Å². The van der Waals surface area contributed by atoms with Gasteiger partial charge in [-0.05, 0) is 37.1 Å². The monoisotopic (exact) mass is 521 g/mol. The number of carbonyl (C=O) groups excluding carboxylic acids is 2. The van der Waals surface area contributed by atoms with Gasteiger partial charge in [-0.25, -0.2) is 9.37 Å². The zero-order valence-electron chi connectivity index (χ0n) is 21.0. The van der Waals surface area contributed by atoms with E-state index < -0.39 is 12.1 Å². The molecule has 1 fully saturated rings. The Morgan fingerprint density at radius 1 is 1.19 bits per heavy atom. The van der Waals surface area contributed by atoms with Crippen molar-refractivity contribution >= 4 is 29.2 Å². The summed E-state index contributed by atoms with van der Waals surface area (Å²) >= 11 is 6.29. The second-order valence-corrected chi connectivity index (χ2v) is 9.89. The van der Waals surface area contributed by atoms with E-state index in [2.05, 4.69) is 27.2 Å². The Bertz CT molecular complexity index is 1350. The number of hydrogen-bond acceptors (Lipinski definition) is 4. The van der Waals surface area contributed by atoms with Crippen LogP contribution in [0.3, 0.4) is 0 Å². The minimum Gasteiger partial charge on any atom is -0.340 e. The molecule has 4 rings (SSSR count). The number of alkyl halides is 1. The van der Waals surface area contributed by atoms with Crippen molar-refractivity contribution < 1.29 is 14.0 Å². The molecule has 1 N–H and O–H groups in total. The van der Waals surface area contributed by atoms with Crippen LogP contribution in [0.25, 0.3) is 0 Å². The number of pyridine rings is 1. The van der Waals surface area contributed by atoms with Gasteiger partial charge < -0.3 is 10.2 Å². The number of rotatable bonds is 5. The highest BCUT2D eigenvalue weighted by atomic mass is 35.5. The van der Waals surface area contributed by atoms with E-state index in [-0.39, 0.29) is 41.5 Å². The number of amides is 2. The van der Waals surface area contributed by atoms with Gasteiger partial charge in [-0.1, -0.05) is 55.5 Å². The first-order valence-corrected chi connectivity index (χ1v) is 12.6. The van der Waals surface area contributed by atoms with Crippen LogP contribution in [0, 0.1) is 30.6 Å². The Morgan fingerprint density at radius 3 is 2.59 bits per heavy atom. The molecule has 0 aliphatic carbocycles. The summed E-state index contributed by atoms with van der Waals surface area (Å²) in [7, 11) is 0. The Hall–Kier alpha value is -3.70. The third-order valence-corrected chi connectivity index (χ3v) is 6.61. The molecular weight excluding hydrogens is 493 g/mol. The molecule has 0 spiro atoms. The summed E-state index contributed by atoms with van der Waals surface area (Å²) in [6, 6.07) is 11.5. The lowest BCUT2D eigenvalue weighted by atomic mass is 9.94. The highest BCUT2D eigenvalue weighted by Gasteiger charge is 2.33. The van der Waals surface area contributed by atoms with Gasteiger partial charge in [0.25, 0.3) is 5.91 Å². The molecule has 3 aromatic rings. The lowest BCUT2D eigenvalue weighted by molar-refractivity contribution is -0.137. The van der Waals surface area contributed by atoms with Crippen molar-refractivity contribution in [1.29, 1.82) is 0 Å². The summed E-state index contributed by atoms with van der Waals surface area (Å²) in [5, 5.41) is 7.17. The van der Waals surface area contributed by atoms with Gasteiger partial charge in [0.15, 0.2) is 0 Å². The van der Waals surface area contributed by atoms with Crippen LogP contribution in [-0.4, -0.2) is 50.7 Å². The van der Waals surface area contributed by atoms with Gasteiger partial charge >= 0.3 is 0 Å². The minimum absolute atomic E-state index is 0.0425. The molecule has 2 amide bonds. The molecule has 0 bridgehead atoms. The van der Waals surface area contributed by atoms with Crippen LogP contribution >= 0.6 is 11.6 Å². The predicted molar refractivity (Wildman–Crippen MR) is 141 cm³/mol. The Balaban J connectivity index is 1.44. The Labute approximate surface area is 221 Å². The lowest BCUT2D eigenvalue weighted by Crippen LogP contribution is -2.47. The molecule has 9 heteroatoms. The number of likely N-dealkylation sites (tertiary alicyclic amines) is 1. The minimum atomic E-state index is -1.22. The van der Waals surface area contributed by atoms with E-state index in [0.29, 0.717) is 18.8 Å². The first-order valence-electron chi connectivity index (χ1n) is 12.2. The summed E-state index contributed by atoms with van der Waals surface area (Å²) in [4.78, 5) is 31.3. The number of halogens is 2. The van der Waals surface area contributed by atoms with E-state index in [1.54, 1.807) is 24.9 Å². The van der Waals surface area contributed by atoms with Crippen LogP contribution in [0.4, 0.5) is 10.2 Å². The van der Waals surface area contributed by atoms with E-state index in [1.165, 1.54) is 10.9 Å². The molecule has 3 heterocycles. The predicted octanol–water partition coefficient (Wildman–Crippen LogP) is 4.73. The maximum absolute atomic E-state index is 15.0. The van der Waals surface area contributed by atoms with Gasteiger partial charge in [-0.2, -0.15) is 5.10 Å². The average Bonchev–Trinajstić information content (AvgIpc) is 3.25. The van der Waals surface area contributed by atoms with Crippen LogP contribution < -0.4 is 5.32 Å². The second-order valence-electron chi connectivity index (χ2n) is 9.49. The molecule has 0 radical (unpaired) electrons. The largest absolute Gasteiger partial charge is 0.340 e. The number of hydrogen-bond donors (Lipinski definition) is 1. The first-order chi connectivity index (χ1) is 17.7. The summed E-state index contributed by atoms with van der Waals surface area (Å²) < 4.78 is 16.4. The molecule has 0 unspecified atom stereocenters. The van der Waals surface area contributed by atoms with Gasteiger partial charge in [0.05, 0.1) is 17.8 Å². The van der Waals surface area contributed by atoms with Crippen molar-refractivity contribution in [2.75, 3.05) is 18.4 Å². The molecular formula is C28H29ClFN5O2. The van der Waals surface area contributed by atoms with Crippen molar-refractivity contribution in [3.8, 4) is 11.8 Å². The van der Waals surface area contributed by atoms with Crippen LogP contribution in [0.1, 0.15) is 47.4 Å². The van der Waals surface area contributed by atoms with Crippen LogP contribution in [-0.2, 0) is 11.3 Å². The zero-order chi connectivity index (χ0) is 26.5. The van der Waals surface area contributed by atoms with Crippen molar-refractivity contribution in [2.45, 2.75) is 39.9 Å². The Kier molecular flexibility index (Phi) is 8.24. The molecule has 7 nitrogen and oxygen atoms in total. The number of anilines is 1. The Morgan fingerprint density at radius 2 is 1.92 bits per heavy atom. The number of carbonyl (C=O) groups is 2. The number of aromatic nitrogens is 3. The van der Waals surface area contributed by atoms with Gasteiger partial charge in [0.1, 0.15) is 17.7 Å². The molecule has 1 aliphatic rings. The number of nitrogens with zero attached hydrogens (tertiary/aromatic N) is 4. The summed E-state index contributed by atoms with van der Waals surface area (Å²) in [6.07, 6.45) is 2.23. The third-order valence-electron chi connectivity index (χ3n) is 6.33. The van der Waals surface area contributed by atoms with Crippen molar-refractivity contribution in [1.82, 2.24) is 19.7 Å². The normalized spacial score (nSPS) is 17.3. The molecule has 1 aliphatic heterocycles. The van der Waals surface area contributed by atoms with E-state index in [9.17, 15) is 14.0 Å². The van der Waals surface area contributed by atoms with Crippen LogP contribution in [0.2, 0.25) is 5.02 Å². The van der Waals surface area contributed by atoms with E-state index in [1.807, 2.05) is 43.3 Å². The highest BCUT2D eigenvalue weighted by Crippen LogP contribution is 2.26. The molecule has 192 valence electrons. The maximum Gasteiger partial charge on any atom is 0.276 e. The number of nitrogens with one attached hydrogen (secondary N) is 1. The van der Waals surface area contributed by atoms with Crippen LogP contribution in [0.15, 0.2) is 48.8 Å². The summed E-state index contributed by atoms with van der Waals surface area (Å²) in [5.41, 5.74) is 2.50. The molecule has 1 saturated heterocycles. The van der Waals surface area contributed by atoms with Crippen LogP contribution in [0.5, 0.6) is 0 Å². The molecule has 1 aromatic carbocycles. The first kappa shape index (κ1) is 26.4. The number of aryl methyl sites for hydroxylation is 1. The molecule has 2 atom stereocenters. The maximum atomic E-state index is 15.0. The molecule has 0 saturated carbocycles. The van der Waals surface area contributed by atoms with Crippen molar-refractivity contribution in [3.05, 3.63) is 76.2 Å². The van der Waals surface area contributed by atoms with Gasteiger partial charge in [-0.3, -0.25) is 14.3 Å². The fourth-order valence-corrected chi connectivity index (χ4v) is 4.51.